The molecule has 2 rings (SSSR count). The van der Waals surface area contributed by atoms with Crippen LogP contribution in [0.5, 0.6) is 0 Å². The maximum absolute atomic E-state index is 12.1. The van der Waals surface area contributed by atoms with Gasteiger partial charge in [-0.3, -0.25) is 4.79 Å². The zero-order chi connectivity index (χ0) is 16.1. The molecular formula is C16H22N4OS. The summed E-state index contributed by atoms with van der Waals surface area (Å²) in [5, 5.41) is 11.7. The number of thioether (sulfide) groups is 1. The van der Waals surface area contributed by atoms with E-state index in [1.54, 1.807) is 6.33 Å². The van der Waals surface area contributed by atoms with Crippen molar-refractivity contribution < 1.29 is 4.79 Å². The van der Waals surface area contributed by atoms with Crippen molar-refractivity contribution in [3.8, 4) is 0 Å². The average molecular weight is 318 g/mol. The summed E-state index contributed by atoms with van der Waals surface area (Å²) in [4.78, 5) is 12.1. The molecule has 1 atom stereocenters. The summed E-state index contributed by atoms with van der Waals surface area (Å²) in [6.07, 6.45) is 1.69. The molecule has 0 saturated carbocycles. The second kappa shape index (κ2) is 7.45. The predicted octanol–water partition coefficient (Wildman–Crippen LogP) is 3.14. The Labute approximate surface area is 135 Å². The first-order valence-corrected chi connectivity index (χ1v) is 8.34. The van der Waals surface area contributed by atoms with Gasteiger partial charge in [0.25, 0.3) is 0 Å². The lowest BCUT2D eigenvalue weighted by Gasteiger charge is -2.15. The molecule has 0 bridgehead atoms. The fourth-order valence-corrected chi connectivity index (χ4v) is 2.90. The summed E-state index contributed by atoms with van der Waals surface area (Å²) in [6, 6.07) is 8.48. The fourth-order valence-electron chi connectivity index (χ4n) is 2.04. The molecule has 0 aliphatic rings. The van der Waals surface area contributed by atoms with Crippen molar-refractivity contribution in [3.05, 3.63) is 41.7 Å². The van der Waals surface area contributed by atoms with Crippen LogP contribution in [0.25, 0.3) is 0 Å². The molecule has 0 radical (unpaired) electrons. The van der Waals surface area contributed by atoms with Crippen LogP contribution in [-0.4, -0.2) is 26.4 Å². The number of carbonyl (C=O) groups is 1. The summed E-state index contributed by atoms with van der Waals surface area (Å²) in [7, 11) is 0. The third-order valence-corrected chi connectivity index (χ3v) is 4.34. The number of aromatic nitrogens is 3. The van der Waals surface area contributed by atoms with Gasteiger partial charge in [-0.2, -0.15) is 0 Å². The second-order valence-electron chi connectivity index (χ2n) is 5.60. The summed E-state index contributed by atoms with van der Waals surface area (Å²) in [5.41, 5.74) is 2.32. The number of hydrogen-bond acceptors (Lipinski definition) is 4. The predicted molar refractivity (Wildman–Crippen MR) is 88.9 cm³/mol. The molecule has 1 N–H and O–H groups in total. The smallest absolute Gasteiger partial charge is 0.230 e. The number of nitrogens with one attached hydrogen (secondary N) is 1. The van der Waals surface area contributed by atoms with Crippen molar-refractivity contribution in [1.29, 1.82) is 0 Å². The van der Waals surface area contributed by atoms with Gasteiger partial charge in [-0.1, -0.05) is 41.6 Å². The molecule has 1 heterocycles. The fraction of sp³-hybridized carbons (Fsp3) is 0.438. The topological polar surface area (TPSA) is 59.8 Å². The highest BCUT2D eigenvalue weighted by Gasteiger charge is 2.13. The first-order chi connectivity index (χ1) is 10.5. The van der Waals surface area contributed by atoms with Crippen molar-refractivity contribution >= 4 is 17.7 Å². The van der Waals surface area contributed by atoms with Gasteiger partial charge in [0.1, 0.15) is 6.33 Å². The Bertz CT molecular complexity index is 621. The Hall–Kier alpha value is -1.82. The highest BCUT2D eigenvalue weighted by atomic mass is 32.2. The molecule has 0 spiro atoms. The quantitative estimate of drug-likeness (QED) is 0.831. The van der Waals surface area contributed by atoms with E-state index in [0.29, 0.717) is 5.75 Å². The van der Waals surface area contributed by atoms with Crippen LogP contribution >= 0.6 is 11.8 Å². The molecule has 118 valence electrons. The third kappa shape index (κ3) is 4.34. The van der Waals surface area contributed by atoms with Crippen molar-refractivity contribution in [2.45, 2.75) is 44.9 Å². The molecule has 1 amide bonds. The van der Waals surface area contributed by atoms with E-state index >= 15 is 0 Å². The number of rotatable bonds is 6. The maximum Gasteiger partial charge on any atom is 0.230 e. The highest BCUT2D eigenvalue weighted by molar-refractivity contribution is 7.99. The van der Waals surface area contributed by atoms with Gasteiger partial charge in [-0.15, -0.1) is 10.2 Å². The molecule has 1 aromatic heterocycles. The van der Waals surface area contributed by atoms with Gasteiger partial charge in [-0.25, -0.2) is 0 Å². The van der Waals surface area contributed by atoms with E-state index in [9.17, 15) is 4.79 Å². The van der Waals surface area contributed by atoms with Crippen LogP contribution in [0.4, 0.5) is 0 Å². The van der Waals surface area contributed by atoms with Crippen LogP contribution in [0.3, 0.4) is 0 Å². The normalized spacial score (nSPS) is 12.4. The van der Waals surface area contributed by atoms with Crippen LogP contribution < -0.4 is 5.32 Å². The molecule has 0 aliphatic heterocycles. The van der Waals surface area contributed by atoms with Gasteiger partial charge in [0.05, 0.1) is 11.8 Å². The summed E-state index contributed by atoms with van der Waals surface area (Å²) in [5.74, 6) is 0.332. The lowest BCUT2D eigenvalue weighted by molar-refractivity contribution is -0.119. The Kier molecular flexibility index (Phi) is 5.60. The second-order valence-corrected chi connectivity index (χ2v) is 6.55. The number of amides is 1. The Morgan fingerprint density at radius 3 is 2.59 bits per heavy atom. The molecule has 22 heavy (non-hydrogen) atoms. The Morgan fingerprint density at radius 1 is 1.27 bits per heavy atom. The molecule has 2 aromatic rings. The Morgan fingerprint density at radius 2 is 1.95 bits per heavy atom. The first-order valence-electron chi connectivity index (χ1n) is 7.35. The molecule has 0 fully saturated rings. The minimum atomic E-state index is -0.00335. The largest absolute Gasteiger partial charge is 0.349 e. The van der Waals surface area contributed by atoms with Crippen LogP contribution in [0.15, 0.2) is 35.7 Å². The minimum absolute atomic E-state index is 0.00308. The van der Waals surface area contributed by atoms with E-state index in [1.165, 1.54) is 17.3 Å². The Balaban J connectivity index is 1.87. The highest BCUT2D eigenvalue weighted by Crippen LogP contribution is 2.19. The van der Waals surface area contributed by atoms with E-state index in [4.69, 9.17) is 0 Å². The molecule has 1 aromatic carbocycles. The number of benzene rings is 1. The van der Waals surface area contributed by atoms with E-state index in [2.05, 4.69) is 48.4 Å². The van der Waals surface area contributed by atoms with E-state index in [1.807, 2.05) is 23.6 Å². The zero-order valence-corrected chi connectivity index (χ0v) is 14.2. The molecule has 5 nitrogen and oxygen atoms in total. The molecule has 6 heteroatoms. The summed E-state index contributed by atoms with van der Waals surface area (Å²) in [6.45, 7) is 8.16. The van der Waals surface area contributed by atoms with Crippen LogP contribution in [0, 0.1) is 6.92 Å². The SMILES string of the molecule is Cc1ccc(C(C)NC(=O)CSc2nncn2C(C)C)cc1. The van der Waals surface area contributed by atoms with Crippen LogP contribution in [-0.2, 0) is 4.79 Å². The van der Waals surface area contributed by atoms with Crippen molar-refractivity contribution in [1.82, 2.24) is 20.1 Å². The van der Waals surface area contributed by atoms with E-state index in [0.717, 1.165) is 10.7 Å². The number of aryl methyl sites for hydroxylation is 1. The lowest BCUT2D eigenvalue weighted by atomic mass is 10.1. The zero-order valence-electron chi connectivity index (χ0n) is 13.4. The number of hydrogen-bond donors (Lipinski definition) is 1. The summed E-state index contributed by atoms with van der Waals surface area (Å²) >= 11 is 1.41. The number of nitrogens with zero attached hydrogens (tertiary/aromatic N) is 3. The van der Waals surface area contributed by atoms with E-state index < -0.39 is 0 Å². The lowest BCUT2D eigenvalue weighted by Crippen LogP contribution is -2.28. The molecular weight excluding hydrogens is 296 g/mol. The van der Waals surface area contributed by atoms with Gasteiger partial charge in [-0.05, 0) is 33.3 Å². The van der Waals surface area contributed by atoms with E-state index in [-0.39, 0.29) is 18.0 Å². The van der Waals surface area contributed by atoms with Gasteiger partial charge in [0.2, 0.25) is 5.91 Å². The van der Waals surface area contributed by atoms with Gasteiger partial charge < -0.3 is 9.88 Å². The maximum atomic E-state index is 12.1. The molecule has 1 unspecified atom stereocenters. The molecule has 0 saturated heterocycles. The van der Waals surface area contributed by atoms with Crippen molar-refractivity contribution in [2.75, 3.05) is 5.75 Å². The van der Waals surface area contributed by atoms with Crippen LogP contribution in [0.2, 0.25) is 0 Å². The van der Waals surface area contributed by atoms with Gasteiger partial charge >= 0.3 is 0 Å². The standard InChI is InChI=1S/C16H22N4OS/c1-11(2)20-10-17-19-16(20)22-9-15(21)18-13(4)14-7-5-12(3)6-8-14/h5-8,10-11,13H,9H2,1-4H3,(H,18,21). The van der Waals surface area contributed by atoms with Crippen molar-refractivity contribution in [3.63, 3.8) is 0 Å². The van der Waals surface area contributed by atoms with Crippen LogP contribution in [0.1, 0.15) is 44.0 Å². The van der Waals surface area contributed by atoms with Crippen molar-refractivity contribution in [2.24, 2.45) is 0 Å². The van der Waals surface area contributed by atoms with Gasteiger partial charge in [0.15, 0.2) is 5.16 Å². The summed E-state index contributed by atoms with van der Waals surface area (Å²) < 4.78 is 1.96. The number of carbonyl (C=O) groups excluding carboxylic acids is 1. The first kappa shape index (κ1) is 16.5. The monoisotopic (exact) mass is 318 g/mol. The molecule has 0 aliphatic carbocycles. The third-order valence-electron chi connectivity index (χ3n) is 3.38. The van der Waals surface area contributed by atoms with Gasteiger partial charge in [0, 0.05) is 6.04 Å². The average Bonchev–Trinajstić information content (AvgIpc) is 2.94. The minimum Gasteiger partial charge on any atom is -0.349 e.